The van der Waals surface area contributed by atoms with Crippen LogP contribution >= 0.6 is 0 Å². The molecule has 0 bridgehead atoms. The molecule has 112 valence electrons. The molecule has 0 unspecified atom stereocenters. The van der Waals surface area contributed by atoms with Gasteiger partial charge in [0.25, 0.3) is 0 Å². The molecule has 4 nitrogen and oxygen atoms in total. The molecule has 0 aromatic heterocycles. The van der Waals surface area contributed by atoms with Crippen LogP contribution in [0.15, 0.2) is 29.3 Å². The van der Waals surface area contributed by atoms with E-state index in [4.69, 9.17) is 4.74 Å². The van der Waals surface area contributed by atoms with Crippen molar-refractivity contribution in [1.29, 1.82) is 0 Å². The highest BCUT2D eigenvalue weighted by atomic mass is 16.5. The molecule has 1 rings (SSSR count). The lowest BCUT2D eigenvalue weighted by molar-refractivity contribution is 0.242. The molecule has 1 aromatic rings. The van der Waals surface area contributed by atoms with Crippen LogP contribution in [0.1, 0.15) is 40.2 Å². The second-order valence-corrected chi connectivity index (χ2v) is 5.31. The summed E-state index contributed by atoms with van der Waals surface area (Å²) in [6, 6.07) is 8.46. The van der Waals surface area contributed by atoms with Gasteiger partial charge in [0.15, 0.2) is 5.96 Å². The molecule has 0 atom stereocenters. The number of hydrogen-bond donors (Lipinski definition) is 2. The highest BCUT2D eigenvalue weighted by Gasteiger charge is 2.01. The zero-order chi connectivity index (χ0) is 15.0. The standard InChI is InChI=1S/C16H27N3O/c1-6-17-16(19-12(2)3)18-11-14-8-7-9-15(10-14)20-13(4)5/h7-10,12-13H,6,11H2,1-5H3,(H2,17,18,19). The molecule has 20 heavy (non-hydrogen) atoms. The first-order valence-electron chi connectivity index (χ1n) is 7.31. The summed E-state index contributed by atoms with van der Waals surface area (Å²) in [6.07, 6.45) is 0.189. The molecule has 0 aliphatic heterocycles. The van der Waals surface area contributed by atoms with Crippen molar-refractivity contribution in [2.24, 2.45) is 4.99 Å². The number of benzene rings is 1. The summed E-state index contributed by atoms with van der Waals surface area (Å²) in [6.45, 7) is 11.8. The molecular formula is C16H27N3O. The fourth-order valence-corrected chi connectivity index (χ4v) is 1.75. The van der Waals surface area contributed by atoms with Gasteiger partial charge >= 0.3 is 0 Å². The average molecular weight is 277 g/mol. The van der Waals surface area contributed by atoms with Crippen molar-refractivity contribution in [2.45, 2.75) is 53.3 Å². The predicted octanol–water partition coefficient (Wildman–Crippen LogP) is 2.94. The van der Waals surface area contributed by atoms with Gasteiger partial charge in [-0.25, -0.2) is 4.99 Å². The normalized spacial score (nSPS) is 11.8. The number of nitrogens with one attached hydrogen (secondary N) is 2. The van der Waals surface area contributed by atoms with E-state index in [1.54, 1.807) is 0 Å². The van der Waals surface area contributed by atoms with Gasteiger partial charge in [-0.15, -0.1) is 0 Å². The van der Waals surface area contributed by atoms with Crippen molar-refractivity contribution in [2.75, 3.05) is 6.54 Å². The Balaban J connectivity index is 2.70. The summed E-state index contributed by atoms with van der Waals surface area (Å²) in [7, 11) is 0. The van der Waals surface area contributed by atoms with E-state index in [9.17, 15) is 0 Å². The average Bonchev–Trinajstić information content (AvgIpc) is 2.35. The largest absolute Gasteiger partial charge is 0.491 e. The molecule has 0 saturated heterocycles. The molecule has 0 amide bonds. The predicted molar refractivity (Wildman–Crippen MR) is 85.3 cm³/mol. The van der Waals surface area contributed by atoms with Crippen LogP contribution < -0.4 is 15.4 Å². The van der Waals surface area contributed by atoms with Crippen molar-refractivity contribution in [1.82, 2.24) is 10.6 Å². The number of rotatable bonds is 6. The lowest BCUT2D eigenvalue weighted by Crippen LogP contribution is -2.40. The van der Waals surface area contributed by atoms with E-state index < -0.39 is 0 Å². The Hall–Kier alpha value is -1.71. The van der Waals surface area contributed by atoms with Crippen LogP contribution in [-0.4, -0.2) is 24.7 Å². The molecule has 0 heterocycles. The Kier molecular flexibility index (Phi) is 6.91. The van der Waals surface area contributed by atoms with Gasteiger partial charge in [0.1, 0.15) is 5.75 Å². The van der Waals surface area contributed by atoms with Crippen molar-refractivity contribution in [3.8, 4) is 5.75 Å². The minimum atomic E-state index is 0.189. The summed E-state index contributed by atoms with van der Waals surface area (Å²) >= 11 is 0. The summed E-state index contributed by atoms with van der Waals surface area (Å²) in [5.74, 6) is 1.74. The van der Waals surface area contributed by atoms with E-state index in [0.717, 1.165) is 23.8 Å². The summed E-state index contributed by atoms with van der Waals surface area (Å²) in [5.41, 5.74) is 1.14. The maximum atomic E-state index is 5.69. The first kappa shape index (κ1) is 16.3. The van der Waals surface area contributed by atoms with Gasteiger partial charge in [0.05, 0.1) is 12.6 Å². The molecule has 0 aliphatic rings. The Morgan fingerprint density at radius 1 is 1.25 bits per heavy atom. The fourth-order valence-electron chi connectivity index (χ4n) is 1.75. The summed E-state index contributed by atoms with van der Waals surface area (Å²) < 4.78 is 5.69. The van der Waals surface area contributed by atoms with Gasteiger partial charge in [0, 0.05) is 12.6 Å². The van der Waals surface area contributed by atoms with E-state index in [1.165, 1.54) is 0 Å². The molecule has 2 N–H and O–H groups in total. The molecule has 1 aromatic carbocycles. The van der Waals surface area contributed by atoms with Gasteiger partial charge < -0.3 is 15.4 Å². The zero-order valence-corrected chi connectivity index (χ0v) is 13.2. The van der Waals surface area contributed by atoms with Crippen molar-refractivity contribution in [3.63, 3.8) is 0 Å². The molecule has 0 saturated carbocycles. The van der Waals surface area contributed by atoms with Crippen LogP contribution in [0.2, 0.25) is 0 Å². The molecular weight excluding hydrogens is 250 g/mol. The zero-order valence-electron chi connectivity index (χ0n) is 13.2. The van der Waals surface area contributed by atoms with Crippen LogP contribution in [0.3, 0.4) is 0 Å². The van der Waals surface area contributed by atoms with E-state index in [-0.39, 0.29) is 6.10 Å². The maximum absolute atomic E-state index is 5.69. The monoisotopic (exact) mass is 277 g/mol. The Morgan fingerprint density at radius 2 is 2.00 bits per heavy atom. The first-order chi connectivity index (χ1) is 9.51. The molecule has 0 fully saturated rings. The molecule has 0 radical (unpaired) electrons. The Bertz CT molecular complexity index is 427. The number of guanidine groups is 1. The third-order valence-corrected chi connectivity index (χ3v) is 2.46. The van der Waals surface area contributed by atoms with E-state index in [2.05, 4.69) is 42.5 Å². The second-order valence-electron chi connectivity index (χ2n) is 5.31. The maximum Gasteiger partial charge on any atom is 0.191 e. The lowest BCUT2D eigenvalue weighted by Gasteiger charge is -2.14. The third kappa shape index (κ3) is 6.45. The van der Waals surface area contributed by atoms with Gasteiger partial charge in [-0.1, -0.05) is 12.1 Å². The molecule has 4 heteroatoms. The lowest BCUT2D eigenvalue weighted by atomic mass is 10.2. The SMILES string of the molecule is CCNC(=NCc1cccc(OC(C)C)c1)NC(C)C. The van der Waals surface area contributed by atoms with Gasteiger partial charge in [-0.05, 0) is 52.3 Å². The number of aliphatic imine (C=N–C) groups is 1. The second kappa shape index (κ2) is 8.46. The van der Waals surface area contributed by atoms with Crippen LogP contribution in [0, 0.1) is 0 Å². The quantitative estimate of drug-likeness (QED) is 0.621. The first-order valence-corrected chi connectivity index (χ1v) is 7.31. The fraction of sp³-hybridized carbons (Fsp3) is 0.562. The summed E-state index contributed by atoms with van der Waals surface area (Å²) in [4.78, 5) is 4.58. The van der Waals surface area contributed by atoms with Gasteiger partial charge in [-0.3, -0.25) is 0 Å². The van der Waals surface area contributed by atoms with Crippen LogP contribution in [-0.2, 0) is 6.54 Å². The number of nitrogens with zero attached hydrogens (tertiary/aromatic N) is 1. The smallest absolute Gasteiger partial charge is 0.191 e. The van der Waals surface area contributed by atoms with Crippen LogP contribution in [0.4, 0.5) is 0 Å². The van der Waals surface area contributed by atoms with Gasteiger partial charge in [0.2, 0.25) is 0 Å². The van der Waals surface area contributed by atoms with Crippen molar-refractivity contribution >= 4 is 5.96 Å². The topological polar surface area (TPSA) is 45.7 Å². The molecule has 0 aliphatic carbocycles. The molecule has 0 spiro atoms. The van der Waals surface area contributed by atoms with Crippen LogP contribution in [0.5, 0.6) is 5.75 Å². The Labute approximate surface area is 122 Å². The number of hydrogen-bond acceptors (Lipinski definition) is 2. The Morgan fingerprint density at radius 3 is 2.60 bits per heavy atom. The number of ether oxygens (including phenoxy) is 1. The van der Waals surface area contributed by atoms with E-state index >= 15 is 0 Å². The highest BCUT2D eigenvalue weighted by Crippen LogP contribution is 2.15. The highest BCUT2D eigenvalue weighted by molar-refractivity contribution is 5.79. The summed E-state index contributed by atoms with van der Waals surface area (Å²) in [5, 5.41) is 6.54. The van der Waals surface area contributed by atoms with E-state index in [1.807, 2.05) is 32.0 Å². The third-order valence-electron chi connectivity index (χ3n) is 2.46. The minimum absolute atomic E-state index is 0.189. The van der Waals surface area contributed by atoms with Crippen molar-refractivity contribution in [3.05, 3.63) is 29.8 Å². The van der Waals surface area contributed by atoms with Gasteiger partial charge in [-0.2, -0.15) is 0 Å². The minimum Gasteiger partial charge on any atom is -0.491 e. The van der Waals surface area contributed by atoms with Crippen LogP contribution in [0.25, 0.3) is 0 Å². The van der Waals surface area contributed by atoms with E-state index in [0.29, 0.717) is 12.6 Å². The van der Waals surface area contributed by atoms with Crippen molar-refractivity contribution < 1.29 is 4.74 Å².